The first-order chi connectivity index (χ1) is 13.9. The van der Waals surface area contributed by atoms with Crippen molar-refractivity contribution in [2.24, 2.45) is 0 Å². The van der Waals surface area contributed by atoms with E-state index in [4.69, 9.17) is 26.5 Å². The smallest absolute Gasteiger partial charge is 0.226 e. The molecule has 3 N–H and O–H groups in total. The fourth-order valence-corrected chi connectivity index (χ4v) is 11.0. The van der Waals surface area contributed by atoms with E-state index in [1.165, 1.54) is 0 Å². The molecule has 30 heavy (non-hydrogen) atoms. The van der Waals surface area contributed by atoms with Gasteiger partial charge in [0.2, 0.25) is 13.6 Å². The summed E-state index contributed by atoms with van der Waals surface area (Å²) in [5.74, 6) is 0.816. The summed E-state index contributed by atoms with van der Waals surface area (Å²) in [4.78, 5) is 12.7. The SMILES string of the molecule is Cc1nc2c(N)nc(Cl)nc2n1[C@@H]1O[C@H](C)[C@@H](O[Si](C(C)C)(C(C)C)C(C)C)[C@H]1O. The van der Waals surface area contributed by atoms with Crippen LogP contribution in [0.4, 0.5) is 5.82 Å². The lowest BCUT2D eigenvalue weighted by molar-refractivity contribution is -0.0310. The number of nitrogens with two attached hydrogens (primary N) is 1. The molecule has 3 heterocycles. The van der Waals surface area contributed by atoms with Gasteiger partial charge >= 0.3 is 0 Å². The quantitative estimate of drug-likeness (QED) is 0.496. The van der Waals surface area contributed by atoms with Gasteiger partial charge in [0.1, 0.15) is 18.0 Å². The molecule has 1 aliphatic heterocycles. The van der Waals surface area contributed by atoms with E-state index in [1.54, 1.807) is 4.57 Å². The molecule has 168 valence electrons. The molecule has 2 aromatic heterocycles. The minimum absolute atomic E-state index is 0.0281. The molecular formula is C20H34ClN5O3Si. The van der Waals surface area contributed by atoms with E-state index < -0.39 is 26.8 Å². The van der Waals surface area contributed by atoms with Gasteiger partial charge in [-0.25, -0.2) is 4.98 Å². The Bertz CT molecular complexity index is 898. The Kier molecular flexibility index (Phi) is 6.51. The average Bonchev–Trinajstić information content (AvgIpc) is 3.08. The summed E-state index contributed by atoms with van der Waals surface area (Å²) in [7, 11) is -2.21. The third-order valence-electron chi connectivity index (χ3n) is 6.46. The number of aliphatic hydroxyl groups excluding tert-OH is 1. The Labute approximate surface area is 184 Å². The second-order valence-electron chi connectivity index (χ2n) is 9.20. The van der Waals surface area contributed by atoms with Crippen molar-refractivity contribution in [3.05, 3.63) is 11.1 Å². The van der Waals surface area contributed by atoms with E-state index in [1.807, 2.05) is 13.8 Å². The van der Waals surface area contributed by atoms with E-state index in [0.29, 0.717) is 33.6 Å². The highest BCUT2D eigenvalue weighted by molar-refractivity contribution is 6.77. The molecule has 8 nitrogen and oxygen atoms in total. The minimum Gasteiger partial charge on any atom is -0.408 e. The zero-order chi connectivity index (χ0) is 22.5. The number of nitrogens with zero attached hydrogens (tertiary/aromatic N) is 4. The maximum atomic E-state index is 11.3. The second kappa shape index (κ2) is 8.35. The molecule has 4 atom stereocenters. The molecule has 0 amide bonds. The van der Waals surface area contributed by atoms with E-state index in [-0.39, 0.29) is 17.2 Å². The number of fused-ring (bicyclic) bond motifs is 1. The van der Waals surface area contributed by atoms with Gasteiger partial charge in [-0.15, -0.1) is 0 Å². The van der Waals surface area contributed by atoms with Gasteiger partial charge in [-0.3, -0.25) is 4.57 Å². The first-order valence-electron chi connectivity index (χ1n) is 10.6. The fourth-order valence-electron chi connectivity index (χ4n) is 5.22. The molecule has 2 aromatic rings. The van der Waals surface area contributed by atoms with Crippen LogP contribution < -0.4 is 5.73 Å². The number of aromatic nitrogens is 4. The van der Waals surface area contributed by atoms with Crippen LogP contribution in [0.1, 0.15) is 60.5 Å². The van der Waals surface area contributed by atoms with Gasteiger partial charge in [0.15, 0.2) is 23.2 Å². The van der Waals surface area contributed by atoms with E-state index in [9.17, 15) is 5.11 Å². The lowest BCUT2D eigenvalue weighted by Crippen LogP contribution is -2.53. The van der Waals surface area contributed by atoms with Gasteiger partial charge in [-0.2, -0.15) is 9.97 Å². The van der Waals surface area contributed by atoms with Crippen molar-refractivity contribution in [2.45, 2.75) is 96.6 Å². The number of aliphatic hydroxyl groups is 1. The van der Waals surface area contributed by atoms with Gasteiger partial charge in [0, 0.05) is 0 Å². The first kappa shape index (κ1) is 23.4. The molecular weight excluding hydrogens is 422 g/mol. The Balaban J connectivity index is 2.01. The highest BCUT2D eigenvalue weighted by Crippen LogP contribution is 2.46. The largest absolute Gasteiger partial charge is 0.408 e. The Morgan fingerprint density at radius 2 is 1.67 bits per heavy atom. The molecule has 1 saturated heterocycles. The molecule has 0 aromatic carbocycles. The molecule has 1 fully saturated rings. The van der Waals surface area contributed by atoms with Crippen molar-refractivity contribution >= 4 is 36.9 Å². The van der Waals surface area contributed by atoms with Crippen LogP contribution in [0.15, 0.2) is 0 Å². The topological polar surface area (TPSA) is 108 Å². The zero-order valence-electron chi connectivity index (χ0n) is 19.0. The predicted octanol–water partition coefficient (Wildman–Crippen LogP) is 4.21. The molecule has 0 unspecified atom stereocenters. The number of anilines is 1. The maximum Gasteiger partial charge on any atom is 0.226 e. The van der Waals surface area contributed by atoms with Crippen LogP contribution in [0.3, 0.4) is 0 Å². The third-order valence-corrected chi connectivity index (χ3v) is 12.7. The highest BCUT2D eigenvalue weighted by atomic mass is 35.5. The van der Waals surface area contributed by atoms with Crippen molar-refractivity contribution in [1.82, 2.24) is 19.5 Å². The second-order valence-corrected chi connectivity index (χ2v) is 14.9. The number of hydrogen-bond acceptors (Lipinski definition) is 7. The summed E-state index contributed by atoms with van der Waals surface area (Å²) in [6.07, 6.45) is -2.31. The number of halogens is 1. The number of imidazole rings is 1. The van der Waals surface area contributed by atoms with Crippen molar-refractivity contribution < 1.29 is 14.3 Å². The summed E-state index contributed by atoms with van der Waals surface area (Å²) in [6, 6.07) is 0. The number of ether oxygens (including phenoxy) is 1. The van der Waals surface area contributed by atoms with Gasteiger partial charge in [0.25, 0.3) is 0 Å². The van der Waals surface area contributed by atoms with Crippen LogP contribution in [-0.2, 0) is 9.16 Å². The molecule has 1 aliphatic rings. The van der Waals surface area contributed by atoms with E-state index in [2.05, 4.69) is 56.5 Å². The van der Waals surface area contributed by atoms with E-state index in [0.717, 1.165) is 0 Å². The van der Waals surface area contributed by atoms with Gasteiger partial charge in [0.05, 0.1) is 6.10 Å². The van der Waals surface area contributed by atoms with Crippen molar-refractivity contribution in [1.29, 1.82) is 0 Å². The summed E-state index contributed by atoms with van der Waals surface area (Å²) in [5.41, 5.74) is 8.07. The van der Waals surface area contributed by atoms with Crippen LogP contribution in [0, 0.1) is 6.92 Å². The first-order valence-corrected chi connectivity index (χ1v) is 13.1. The minimum atomic E-state index is -2.21. The zero-order valence-corrected chi connectivity index (χ0v) is 20.8. The molecule has 3 rings (SSSR count). The highest BCUT2D eigenvalue weighted by Gasteiger charge is 2.52. The van der Waals surface area contributed by atoms with Crippen LogP contribution in [0.5, 0.6) is 0 Å². The van der Waals surface area contributed by atoms with Crippen LogP contribution in [0.2, 0.25) is 21.9 Å². The number of rotatable bonds is 6. The van der Waals surface area contributed by atoms with Crippen molar-refractivity contribution in [3.8, 4) is 0 Å². The molecule has 0 aliphatic carbocycles. The number of aryl methyl sites for hydroxylation is 1. The standard InChI is InChI=1S/C20H34ClN5O3Si/c1-9(2)30(10(3)4,11(5)6)29-16-12(7)28-19(15(16)27)26-13(8)23-14-17(22)24-20(21)25-18(14)26/h9-12,15-16,19,27H,1-8H3,(H2,22,24,25)/t12-,15-,16-,19-/m1/s1. The lowest BCUT2D eigenvalue weighted by atomic mass is 10.1. The lowest BCUT2D eigenvalue weighted by Gasteiger charge is -2.45. The predicted molar refractivity (Wildman–Crippen MR) is 121 cm³/mol. The van der Waals surface area contributed by atoms with Crippen LogP contribution >= 0.6 is 11.6 Å². The van der Waals surface area contributed by atoms with E-state index >= 15 is 0 Å². The van der Waals surface area contributed by atoms with Crippen molar-refractivity contribution in [2.75, 3.05) is 5.73 Å². The summed E-state index contributed by atoms with van der Waals surface area (Å²) in [5, 5.41) is 11.4. The van der Waals surface area contributed by atoms with Crippen LogP contribution in [-0.4, -0.2) is 51.3 Å². The summed E-state index contributed by atoms with van der Waals surface area (Å²) < 4.78 is 14.8. The Hall–Kier alpha value is -1.26. The van der Waals surface area contributed by atoms with Gasteiger partial charge < -0.3 is 20.0 Å². The van der Waals surface area contributed by atoms with Crippen molar-refractivity contribution in [3.63, 3.8) is 0 Å². The third kappa shape index (κ3) is 3.64. The molecule has 10 heteroatoms. The fraction of sp³-hybridized carbons (Fsp3) is 0.750. The number of hydrogen-bond donors (Lipinski definition) is 2. The normalized spacial score (nSPS) is 25.4. The Morgan fingerprint density at radius 1 is 1.10 bits per heavy atom. The van der Waals surface area contributed by atoms with Gasteiger partial charge in [-0.1, -0.05) is 41.5 Å². The molecule has 0 bridgehead atoms. The molecule has 0 spiro atoms. The van der Waals surface area contributed by atoms with Gasteiger partial charge in [-0.05, 0) is 42.1 Å². The average molecular weight is 456 g/mol. The summed E-state index contributed by atoms with van der Waals surface area (Å²) >= 11 is 6.03. The Morgan fingerprint density at radius 3 is 2.20 bits per heavy atom. The molecule has 0 radical (unpaired) electrons. The summed E-state index contributed by atoms with van der Waals surface area (Å²) in [6.45, 7) is 17.1. The molecule has 0 saturated carbocycles. The van der Waals surface area contributed by atoms with Crippen LogP contribution in [0.25, 0.3) is 11.2 Å². The monoisotopic (exact) mass is 455 g/mol. The maximum absolute atomic E-state index is 11.3. The number of nitrogen functional groups attached to an aromatic ring is 1.